The van der Waals surface area contributed by atoms with Crippen molar-refractivity contribution in [1.82, 2.24) is 14.5 Å². The van der Waals surface area contributed by atoms with E-state index in [-0.39, 0.29) is 23.7 Å². The van der Waals surface area contributed by atoms with Crippen molar-refractivity contribution in [1.29, 1.82) is 0 Å². The van der Waals surface area contributed by atoms with Crippen molar-refractivity contribution >= 4 is 21.4 Å². The number of nitro groups is 1. The summed E-state index contributed by atoms with van der Waals surface area (Å²) in [6.45, 7) is 3.92. The average Bonchev–Trinajstić information content (AvgIpc) is 2.61. The standard InChI is InChI=1S/C16H27N5O5S/c1-18(2)6-5-17-27(25,26)14-3-4-15(16(13-14)21(23)24)20-9-7-19(8-10-20)11-12-22/h3-4,13,17,22H,5-12H2,1-2H3. The van der Waals surface area contributed by atoms with Crippen LogP contribution in [-0.4, -0.2) is 94.8 Å². The molecule has 0 saturated carbocycles. The molecular formula is C16H27N5O5S. The molecular weight excluding hydrogens is 374 g/mol. The minimum atomic E-state index is -3.81. The molecule has 0 spiro atoms. The second-order valence-electron chi connectivity index (χ2n) is 6.66. The Labute approximate surface area is 159 Å². The van der Waals surface area contributed by atoms with Crippen LogP contribution in [0.1, 0.15) is 0 Å². The predicted octanol–water partition coefficient (Wildman–Crippen LogP) is -0.451. The Hall–Kier alpha value is -1.79. The molecule has 1 heterocycles. The summed E-state index contributed by atoms with van der Waals surface area (Å²) in [6.07, 6.45) is 0. The van der Waals surface area contributed by atoms with Crippen molar-refractivity contribution in [2.24, 2.45) is 0 Å². The Morgan fingerprint density at radius 3 is 2.48 bits per heavy atom. The number of benzene rings is 1. The first-order valence-electron chi connectivity index (χ1n) is 8.75. The third kappa shape index (κ3) is 5.84. The largest absolute Gasteiger partial charge is 0.395 e. The van der Waals surface area contributed by atoms with E-state index in [9.17, 15) is 18.5 Å². The molecule has 2 rings (SSSR count). The van der Waals surface area contributed by atoms with E-state index in [4.69, 9.17) is 5.11 Å². The molecule has 1 fully saturated rings. The predicted molar refractivity (Wildman–Crippen MR) is 103 cm³/mol. The molecule has 11 heteroatoms. The van der Waals surface area contributed by atoms with E-state index in [0.717, 1.165) is 6.07 Å². The molecule has 0 unspecified atom stereocenters. The van der Waals surface area contributed by atoms with Crippen LogP contribution < -0.4 is 9.62 Å². The summed E-state index contributed by atoms with van der Waals surface area (Å²) in [6, 6.07) is 4.02. The molecule has 1 aliphatic rings. The van der Waals surface area contributed by atoms with E-state index >= 15 is 0 Å². The molecule has 10 nitrogen and oxygen atoms in total. The van der Waals surface area contributed by atoms with Crippen molar-refractivity contribution in [3.8, 4) is 0 Å². The lowest BCUT2D eigenvalue weighted by molar-refractivity contribution is -0.384. The minimum absolute atomic E-state index is 0.0769. The second-order valence-corrected chi connectivity index (χ2v) is 8.43. The smallest absolute Gasteiger partial charge is 0.293 e. The third-order valence-corrected chi connectivity index (χ3v) is 5.89. The lowest BCUT2D eigenvalue weighted by Gasteiger charge is -2.35. The van der Waals surface area contributed by atoms with Gasteiger partial charge in [0.2, 0.25) is 10.0 Å². The maximum Gasteiger partial charge on any atom is 0.293 e. The van der Waals surface area contributed by atoms with Crippen molar-refractivity contribution in [3.05, 3.63) is 28.3 Å². The van der Waals surface area contributed by atoms with E-state index in [1.54, 1.807) is 0 Å². The zero-order chi connectivity index (χ0) is 20.0. The number of hydrogen-bond donors (Lipinski definition) is 2. The quantitative estimate of drug-likeness (QED) is 0.422. The van der Waals surface area contributed by atoms with Crippen LogP contribution in [0.2, 0.25) is 0 Å². The topological polar surface area (TPSA) is 119 Å². The fourth-order valence-electron chi connectivity index (χ4n) is 2.92. The summed E-state index contributed by atoms with van der Waals surface area (Å²) in [7, 11) is -0.156. The molecule has 0 bridgehead atoms. The zero-order valence-electron chi connectivity index (χ0n) is 15.7. The van der Waals surface area contributed by atoms with Gasteiger partial charge in [-0.25, -0.2) is 13.1 Å². The van der Waals surface area contributed by atoms with Crippen LogP contribution in [0.4, 0.5) is 11.4 Å². The number of nitro benzene ring substituents is 1. The van der Waals surface area contributed by atoms with Crippen LogP contribution in [0, 0.1) is 10.1 Å². The highest BCUT2D eigenvalue weighted by atomic mass is 32.2. The fraction of sp³-hybridized carbons (Fsp3) is 0.625. The van der Waals surface area contributed by atoms with E-state index < -0.39 is 14.9 Å². The van der Waals surface area contributed by atoms with Gasteiger partial charge in [-0.05, 0) is 26.2 Å². The second kappa shape index (κ2) is 9.42. The van der Waals surface area contributed by atoms with Crippen molar-refractivity contribution in [2.75, 3.05) is 71.4 Å². The SMILES string of the molecule is CN(C)CCNS(=O)(=O)c1ccc(N2CCN(CCO)CC2)c([N+](=O)[O-])c1. The van der Waals surface area contributed by atoms with E-state index in [1.807, 2.05) is 23.9 Å². The van der Waals surface area contributed by atoms with Crippen molar-refractivity contribution in [2.45, 2.75) is 4.90 Å². The van der Waals surface area contributed by atoms with Crippen LogP contribution in [-0.2, 0) is 10.0 Å². The van der Waals surface area contributed by atoms with Gasteiger partial charge in [-0.1, -0.05) is 0 Å². The van der Waals surface area contributed by atoms with E-state index in [1.165, 1.54) is 12.1 Å². The Kier molecular flexibility index (Phi) is 7.50. The summed E-state index contributed by atoms with van der Waals surface area (Å²) in [4.78, 5) is 16.7. The van der Waals surface area contributed by atoms with Gasteiger partial charge in [0.25, 0.3) is 5.69 Å². The Morgan fingerprint density at radius 1 is 1.26 bits per heavy atom. The van der Waals surface area contributed by atoms with Crippen LogP contribution in [0.25, 0.3) is 0 Å². The van der Waals surface area contributed by atoms with Crippen LogP contribution in [0.15, 0.2) is 23.1 Å². The number of nitrogens with zero attached hydrogens (tertiary/aromatic N) is 4. The van der Waals surface area contributed by atoms with Gasteiger partial charge >= 0.3 is 0 Å². The van der Waals surface area contributed by atoms with Crippen molar-refractivity contribution in [3.63, 3.8) is 0 Å². The first kappa shape index (κ1) is 21.5. The van der Waals surface area contributed by atoms with Gasteiger partial charge in [0.1, 0.15) is 5.69 Å². The first-order chi connectivity index (χ1) is 12.7. The molecule has 0 amide bonds. The van der Waals surface area contributed by atoms with E-state index in [2.05, 4.69) is 9.62 Å². The molecule has 2 N–H and O–H groups in total. The molecule has 0 aromatic heterocycles. The molecule has 1 saturated heterocycles. The number of piperazine rings is 1. The molecule has 152 valence electrons. The highest BCUT2D eigenvalue weighted by Gasteiger charge is 2.26. The summed E-state index contributed by atoms with van der Waals surface area (Å²) in [5.41, 5.74) is 0.192. The number of sulfonamides is 1. The maximum absolute atomic E-state index is 12.4. The number of likely N-dealkylation sites (N-methyl/N-ethyl adjacent to an activating group) is 1. The van der Waals surface area contributed by atoms with Crippen LogP contribution in [0.3, 0.4) is 0 Å². The minimum Gasteiger partial charge on any atom is -0.395 e. The van der Waals surface area contributed by atoms with Gasteiger partial charge in [0, 0.05) is 51.9 Å². The number of hydrogen-bond acceptors (Lipinski definition) is 8. The van der Waals surface area contributed by atoms with E-state index in [0.29, 0.717) is 45.0 Å². The molecule has 1 aromatic carbocycles. The summed E-state index contributed by atoms with van der Waals surface area (Å²) in [5, 5.41) is 20.5. The molecule has 27 heavy (non-hydrogen) atoms. The lowest BCUT2D eigenvalue weighted by atomic mass is 10.2. The Balaban J connectivity index is 2.18. The van der Waals surface area contributed by atoms with Gasteiger partial charge in [-0.15, -0.1) is 0 Å². The first-order valence-corrected chi connectivity index (χ1v) is 10.2. The number of aliphatic hydroxyl groups excluding tert-OH is 1. The Bertz CT molecular complexity index is 748. The molecule has 1 aromatic rings. The molecule has 0 aliphatic carbocycles. The number of nitrogens with one attached hydrogen (secondary N) is 1. The highest BCUT2D eigenvalue weighted by molar-refractivity contribution is 7.89. The summed E-state index contributed by atoms with van der Waals surface area (Å²) < 4.78 is 27.2. The third-order valence-electron chi connectivity index (χ3n) is 4.43. The summed E-state index contributed by atoms with van der Waals surface area (Å²) >= 11 is 0. The zero-order valence-corrected chi connectivity index (χ0v) is 16.5. The maximum atomic E-state index is 12.4. The summed E-state index contributed by atoms with van der Waals surface area (Å²) in [5.74, 6) is 0. The number of anilines is 1. The molecule has 0 atom stereocenters. The fourth-order valence-corrected chi connectivity index (χ4v) is 3.97. The molecule has 0 radical (unpaired) electrons. The van der Waals surface area contributed by atoms with Gasteiger partial charge in [0.05, 0.1) is 16.4 Å². The lowest BCUT2D eigenvalue weighted by Crippen LogP contribution is -2.47. The van der Waals surface area contributed by atoms with Gasteiger partial charge in [-0.3, -0.25) is 15.0 Å². The molecule has 1 aliphatic heterocycles. The average molecular weight is 401 g/mol. The van der Waals surface area contributed by atoms with Crippen LogP contribution in [0.5, 0.6) is 0 Å². The van der Waals surface area contributed by atoms with Crippen LogP contribution >= 0.6 is 0 Å². The number of aliphatic hydroxyl groups is 1. The monoisotopic (exact) mass is 401 g/mol. The van der Waals surface area contributed by atoms with Crippen molar-refractivity contribution < 1.29 is 18.4 Å². The van der Waals surface area contributed by atoms with Gasteiger partial charge in [-0.2, -0.15) is 0 Å². The van der Waals surface area contributed by atoms with Gasteiger partial charge < -0.3 is 14.9 Å². The normalized spacial score (nSPS) is 16.1. The highest BCUT2D eigenvalue weighted by Crippen LogP contribution is 2.31. The number of β-amino-alcohol motifs (C(OH)–C–C–N with tert-alkyl or cyclic N) is 1. The van der Waals surface area contributed by atoms with Gasteiger partial charge in [0.15, 0.2) is 0 Å². The Morgan fingerprint density at radius 2 is 1.93 bits per heavy atom. The number of rotatable bonds is 9.